The van der Waals surface area contributed by atoms with Crippen molar-refractivity contribution in [2.24, 2.45) is 0 Å². The van der Waals surface area contributed by atoms with E-state index in [1.54, 1.807) is 0 Å². The van der Waals surface area contributed by atoms with Gasteiger partial charge >= 0.3 is 0 Å². The third-order valence-corrected chi connectivity index (χ3v) is 1.50. The molecule has 0 aromatic rings. The molecule has 0 radical (unpaired) electrons. The monoisotopic (exact) mass is 133 g/mol. The Kier molecular flexibility index (Phi) is 2.02. The van der Waals surface area contributed by atoms with Gasteiger partial charge in [-0.15, -0.1) is 0 Å². The quantitative estimate of drug-likeness (QED) is 0.299. The Morgan fingerprint density at radius 3 is 1.78 bits per heavy atom. The zero-order valence-corrected chi connectivity index (χ0v) is 4.99. The first-order valence-electron chi connectivity index (χ1n) is 2.96. The van der Waals surface area contributed by atoms with Crippen LogP contribution in [0.1, 0.15) is 0 Å². The standard InChI is InChI=1S/C5H11NO3/c7-3-1-6-2-4(8)5(3)9/h3-9H,1-2H2/t3-,4+,5?. The topological polar surface area (TPSA) is 72.7 Å². The van der Waals surface area contributed by atoms with Crippen LogP contribution >= 0.6 is 0 Å². The maximum absolute atomic E-state index is 8.91. The van der Waals surface area contributed by atoms with Gasteiger partial charge in [0.2, 0.25) is 0 Å². The lowest BCUT2D eigenvalue weighted by Crippen LogP contribution is -2.53. The number of aliphatic hydroxyl groups excluding tert-OH is 3. The Balaban J connectivity index is 2.41. The first-order chi connectivity index (χ1) is 4.22. The van der Waals surface area contributed by atoms with E-state index in [4.69, 9.17) is 15.3 Å². The van der Waals surface area contributed by atoms with Gasteiger partial charge < -0.3 is 20.6 Å². The van der Waals surface area contributed by atoms with Gasteiger partial charge in [-0.2, -0.15) is 0 Å². The maximum atomic E-state index is 8.91. The number of aliphatic hydroxyl groups is 3. The second-order valence-corrected chi connectivity index (χ2v) is 2.28. The highest BCUT2D eigenvalue weighted by Crippen LogP contribution is 2.02. The maximum Gasteiger partial charge on any atom is 0.108 e. The Bertz CT molecular complexity index is 88.2. The van der Waals surface area contributed by atoms with Crippen molar-refractivity contribution in [3.8, 4) is 0 Å². The number of hydrogen-bond acceptors (Lipinski definition) is 4. The third kappa shape index (κ3) is 1.40. The molecule has 1 fully saturated rings. The smallest absolute Gasteiger partial charge is 0.108 e. The zero-order chi connectivity index (χ0) is 6.85. The average molecular weight is 133 g/mol. The van der Waals surface area contributed by atoms with E-state index in [-0.39, 0.29) is 0 Å². The van der Waals surface area contributed by atoms with E-state index in [1.165, 1.54) is 0 Å². The van der Waals surface area contributed by atoms with Crippen LogP contribution in [0.2, 0.25) is 0 Å². The van der Waals surface area contributed by atoms with Gasteiger partial charge in [-0.1, -0.05) is 0 Å². The average Bonchev–Trinajstić information content (AvgIpc) is 1.83. The fraction of sp³-hybridized carbons (Fsp3) is 1.00. The van der Waals surface area contributed by atoms with E-state index >= 15 is 0 Å². The van der Waals surface area contributed by atoms with Crippen LogP contribution in [0, 0.1) is 0 Å². The normalized spacial score (nSPS) is 45.0. The van der Waals surface area contributed by atoms with Crippen molar-refractivity contribution in [3.05, 3.63) is 0 Å². The van der Waals surface area contributed by atoms with Gasteiger partial charge in [0.25, 0.3) is 0 Å². The summed E-state index contributed by atoms with van der Waals surface area (Å²) in [5.41, 5.74) is 0. The lowest BCUT2D eigenvalue weighted by atomic mass is 10.0. The second-order valence-electron chi connectivity index (χ2n) is 2.28. The van der Waals surface area contributed by atoms with Crippen molar-refractivity contribution in [1.82, 2.24) is 5.32 Å². The molecule has 4 heteroatoms. The molecular formula is C5H11NO3. The molecular weight excluding hydrogens is 122 g/mol. The number of rotatable bonds is 0. The molecule has 1 unspecified atom stereocenters. The van der Waals surface area contributed by atoms with Gasteiger partial charge in [0, 0.05) is 13.1 Å². The van der Waals surface area contributed by atoms with Crippen LogP contribution in [0.25, 0.3) is 0 Å². The van der Waals surface area contributed by atoms with Gasteiger partial charge in [0.05, 0.1) is 12.2 Å². The largest absolute Gasteiger partial charge is 0.389 e. The van der Waals surface area contributed by atoms with Crippen LogP contribution in [0.4, 0.5) is 0 Å². The summed E-state index contributed by atoms with van der Waals surface area (Å²) in [4.78, 5) is 0. The highest BCUT2D eigenvalue weighted by Gasteiger charge is 2.27. The van der Waals surface area contributed by atoms with Crippen LogP contribution in [-0.2, 0) is 0 Å². The summed E-state index contributed by atoms with van der Waals surface area (Å²) in [6, 6.07) is 0. The molecule has 0 spiro atoms. The van der Waals surface area contributed by atoms with E-state index in [0.717, 1.165) is 0 Å². The molecule has 1 heterocycles. The molecule has 0 amide bonds. The summed E-state index contributed by atoms with van der Waals surface area (Å²) in [7, 11) is 0. The van der Waals surface area contributed by atoms with Crippen molar-refractivity contribution in [2.45, 2.75) is 18.3 Å². The fourth-order valence-electron chi connectivity index (χ4n) is 0.877. The van der Waals surface area contributed by atoms with Crippen LogP contribution in [0.3, 0.4) is 0 Å². The minimum absolute atomic E-state index is 0.359. The SMILES string of the molecule is OC1[C@H](O)CNC[C@@H]1O. The van der Waals surface area contributed by atoms with Crippen LogP contribution in [-0.4, -0.2) is 46.7 Å². The summed E-state index contributed by atoms with van der Waals surface area (Å²) in [5.74, 6) is 0. The van der Waals surface area contributed by atoms with Crippen molar-refractivity contribution >= 4 is 0 Å². The summed E-state index contributed by atoms with van der Waals surface area (Å²) in [6.07, 6.45) is -2.63. The number of β-amino-alcohol motifs (C(OH)–C–C–N with tert-alkyl or cyclic N) is 2. The van der Waals surface area contributed by atoms with E-state index in [0.29, 0.717) is 13.1 Å². The Morgan fingerprint density at radius 2 is 1.44 bits per heavy atom. The molecule has 0 aliphatic carbocycles. The molecule has 4 nitrogen and oxygen atoms in total. The molecule has 1 rings (SSSR count). The molecule has 3 atom stereocenters. The highest BCUT2D eigenvalue weighted by atomic mass is 16.4. The van der Waals surface area contributed by atoms with E-state index < -0.39 is 18.3 Å². The fourth-order valence-corrected chi connectivity index (χ4v) is 0.877. The summed E-state index contributed by atoms with van der Waals surface area (Å²) >= 11 is 0. The molecule has 1 aliphatic rings. The lowest BCUT2D eigenvalue weighted by molar-refractivity contribution is -0.0750. The first kappa shape index (κ1) is 6.95. The van der Waals surface area contributed by atoms with Crippen molar-refractivity contribution in [2.75, 3.05) is 13.1 Å². The summed E-state index contributed by atoms with van der Waals surface area (Å²) < 4.78 is 0. The molecule has 9 heavy (non-hydrogen) atoms. The molecule has 0 bridgehead atoms. The minimum atomic E-state index is -0.980. The Hall–Kier alpha value is -0.160. The van der Waals surface area contributed by atoms with Crippen molar-refractivity contribution < 1.29 is 15.3 Å². The molecule has 1 aliphatic heterocycles. The second kappa shape index (κ2) is 2.62. The van der Waals surface area contributed by atoms with Gasteiger partial charge in [-0.25, -0.2) is 0 Å². The van der Waals surface area contributed by atoms with Crippen molar-refractivity contribution in [3.63, 3.8) is 0 Å². The van der Waals surface area contributed by atoms with Gasteiger partial charge in [-0.3, -0.25) is 0 Å². The van der Waals surface area contributed by atoms with E-state index in [9.17, 15) is 0 Å². The first-order valence-corrected chi connectivity index (χ1v) is 2.96. The van der Waals surface area contributed by atoms with Gasteiger partial charge in [0.1, 0.15) is 6.10 Å². The number of piperidine rings is 1. The predicted molar refractivity (Wildman–Crippen MR) is 30.9 cm³/mol. The summed E-state index contributed by atoms with van der Waals surface area (Å²) in [5, 5.41) is 29.4. The number of hydrogen-bond donors (Lipinski definition) is 4. The van der Waals surface area contributed by atoms with Gasteiger partial charge in [0.15, 0.2) is 0 Å². The lowest BCUT2D eigenvalue weighted by Gasteiger charge is -2.28. The van der Waals surface area contributed by atoms with Crippen LogP contribution in [0.15, 0.2) is 0 Å². The molecule has 54 valence electrons. The molecule has 0 saturated carbocycles. The Labute approximate surface area is 53.1 Å². The molecule has 0 aromatic carbocycles. The van der Waals surface area contributed by atoms with Gasteiger partial charge in [-0.05, 0) is 0 Å². The van der Waals surface area contributed by atoms with Crippen LogP contribution < -0.4 is 5.32 Å². The van der Waals surface area contributed by atoms with Crippen molar-refractivity contribution in [1.29, 1.82) is 0 Å². The third-order valence-electron chi connectivity index (χ3n) is 1.50. The minimum Gasteiger partial charge on any atom is -0.389 e. The van der Waals surface area contributed by atoms with E-state index in [1.807, 2.05) is 0 Å². The Morgan fingerprint density at radius 1 is 1.00 bits per heavy atom. The molecule has 0 aromatic heterocycles. The molecule has 1 saturated heterocycles. The molecule has 4 N–H and O–H groups in total. The predicted octanol–water partition coefficient (Wildman–Crippen LogP) is -2.33. The zero-order valence-electron chi connectivity index (χ0n) is 4.99. The summed E-state index contributed by atoms with van der Waals surface area (Å²) in [6.45, 7) is 0.719. The highest BCUT2D eigenvalue weighted by molar-refractivity contribution is 4.83. The van der Waals surface area contributed by atoms with E-state index in [2.05, 4.69) is 5.32 Å². The number of nitrogens with one attached hydrogen (secondary N) is 1. The van der Waals surface area contributed by atoms with Crippen LogP contribution in [0.5, 0.6) is 0 Å².